The number of rotatable bonds is 4. The molecule has 0 N–H and O–H groups in total. The molecule has 2 rings (SSSR count). The minimum atomic E-state index is -0.180. The summed E-state index contributed by atoms with van der Waals surface area (Å²) >= 11 is 1.66. The van der Waals surface area contributed by atoms with Crippen molar-refractivity contribution in [1.82, 2.24) is 4.98 Å². The first-order chi connectivity index (χ1) is 6.79. The molecular weight excluding hydrogens is 198 g/mol. The summed E-state index contributed by atoms with van der Waals surface area (Å²) in [5.74, 6) is 0.496. The van der Waals surface area contributed by atoms with E-state index < -0.39 is 0 Å². The number of nitrogens with zero attached hydrogens (tertiary/aromatic N) is 1. The molecule has 1 aromatic heterocycles. The summed E-state index contributed by atoms with van der Waals surface area (Å²) in [6, 6.07) is 0. The van der Waals surface area contributed by atoms with Crippen LogP contribution in [0.4, 0.5) is 0 Å². The van der Waals surface area contributed by atoms with E-state index in [4.69, 9.17) is 4.74 Å². The maximum absolute atomic E-state index is 11.1. The van der Waals surface area contributed by atoms with E-state index in [1.807, 2.05) is 12.3 Å². The van der Waals surface area contributed by atoms with Crippen LogP contribution < -0.4 is 0 Å². The van der Waals surface area contributed by atoms with Crippen LogP contribution in [0.2, 0.25) is 0 Å². The Morgan fingerprint density at radius 1 is 1.71 bits per heavy atom. The second-order valence-corrected chi connectivity index (χ2v) is 4.32. The van der Waals surface area contributed by atoms with E-state index >= 15 is 0 Å². The van der Waals surface area contributed by atoms with E-state index in [2.05, 4.69) is 4.98 Å². The van der Waals surface area contributed by atoms with E-state index in [1.54, 1.807) is 11.3 Å². The van der Waals surface area contributed by atoms with Crippen LogP contribution in [0.25, 0.3) is 0 Å². The van der Waals surface area contributed by atoms with Crippen LogP contribution in [0.15, 0.2) is 5.38 Å². The number of aromatic nitrogens is 1. The first-order valence-corrected chi connectivity index (χ1v) is 5.77. The lowest BCUT2D eigenvalue weighted by molar-refractivity contribution is -0.142. The van der Waals surface area contributed by atoms with Crippen LogP contribution in [0, 0.1) is 0 Å². The zero-order valence-electron chi connectivity index (χ0n) is 8.16. The summed E-state index contributed by atoms with van der Waals surface area (Å²) in [4.78, 5) is 15.6. The maximum atomic E-state index is 11.1. The summed E-state index contributed by atoms with van der Waals surface area (Å²) in [5, 5.41) is 3.15. The van der Waals surface area contributed by atoms with Crippen molar-refractivity contribution in [3.8, 4) is 0 Å². The molecule has 4 heteroatoms. The Labute approximate surface area is 87.1 Å². The quantitative estimate of drug-likeness (QED) is 0.716. The molecule has 0 radical (unpaired) electrons. The summed E-state index contributed by atoms with van der Waals surface area (Å²) in [6.07, 6.45) is 2.83. The number of thiazole rings is 1. The van der Waals surface area contributed by atoms with Crippen molar-refractivity contribution in [3.63, 3.8) is 0 Å². The minimum absolute atomic E-state index is 0.180. The van der Waals surface area contributed by atoms with E-state index in [0.717, 1.165) is 5.69 Å². The van der Waals surface area contributed by atoms with Crippen LogP contribution in [-0.2, 0) is 16.0 Å². The molecule has 1 aliphatic carbocycles. The van der Waals surface area contributed by atoms with Gasteiger partial charge in [0.15, 0.2) is 0 Å². The first-order valence-electron chi connectivity index (χ1n) is 4.89. The van der Waals surface area contributed by atoms with Gasteiger partial charge in [-0.15, -0.1) is 11.3 Å². The predicted octanol–water partition coefficient (Wildman–Crippen LogP) is 2.13. The standard InChI is InChI=1S/C10H13NO2S/c1-2-13-9(12)5-8-6-14-10(11-8)7-3-4-7/h6-7H,2-5H2,1H3. The van der Waals surface area contributed by atoms with Crippen molar-refractivity contribution in [2.45, 2.75) is 32.1 Å². The molecule has 1 heterocycles. The molecule has 14 heavy (non-hydrogen) atoms. The Kier molecular flexibility index (Phi) is 2.82. The predicted molar refractivity (Wildman–Crippen MR) is 54.4 cm³/mol. The molecule has 0 atom stereocenters. The monoisotopic (exact) mass is 211 g/mol. The fourth-order valence-corrected chi connectivity index (χ4v) is 2.27. The highest BCUT2D eigenvalue weighted by Gasteiger charge is 2.26. The number of ether oxygens (including phenoxy) is 1. The Bertz CT molecular complexity index is 331. The summed E-state index contributed by atoms with van der Waals surface area (Å²) in [5.41, 5.74) is 0.857. The Hall–Kier alpha value is -0.900. The van der Waals surface area contributed by atoms with Gasteiger partial charge in [0, 0.05) is 11.3 Å². The molecule has 0 aromatic carbocycles. The van der Waals surface area contributed by atoms with Gasteiger partial charge < -0.3 is 4.74 Å². The summed E-state index contributed by atoms with van der Waals surface area (Å²) < 4.78 is 4.86. The van der Waals surface area contributed by atoms with Crippen molar-refractivity contribution < 1.29 is 9.53 Å². The molecule has 0 bridgehead atoms. The van der Waals surface area contributed by atoms with Crippen molar-refractivity contribution >= 4 is 17.3 Å². The smallest absolute Gasteiger partial charge is 0.311 e. The fourth-order valence-electron chi connectivity index (χ4n) is 1.28. The average molecular weight is 211 g/mol. The molecule has 0 unspecified atom stereocenters. The van der Waals surface area contributed by atoms with E-state index in [-0.39, 0.29) is 5.97 Å². The highest BCUT2D eigenvalue weighted by molar-refractivity contribution is 7.09. The molecule has 1 saturated carbocycles. The van der Waals surface area contributed by atoms with E-state index in [1.165, 1.54) is 17.8 Å². The third kappa shape index (κ3) is 2.32. The van der Waals surface area contributed by atoms with Crippen LogP contribution in [0.1, 0.15) is 36.4 Å². The summed E-state index contributed by atoms with van der Waals surface area (Å²) in [6.45, 7) is 2.26. The zero-order valence-corrected chi connectivity index (χ0v) is 8.97. The van der Waals surface area contributed by atoms with Gasteiger partial charge in [-0.3, -0.25) is 4.79 Å². The number of hydrogen-bond acceptors (Lipinski definition) is 4. The van der Waals surface area contributed by atoms with Crippen molar-refractivity contribution in [2.75, 3.05) is 6.61 Å². The fraction of sp³-hybridized carbons (Fsp3) is 0.600. The third-order valence-electron chi connectivity index (χ3n) is 2.13. The Morgan fingerprint density at radius 2 is 2.50 bits per heavy atom. The van der Waals surface area contributed by atoms with Gasteiger partial charge in [-0.05, 0) is 19.8 Å². The van der Waals surface area contributed by atoms with Crippen LogP contribution >= 0.6 is 11.3 Å². The van der Waals surface area contributed by atoms with Gasteiger partial charge in [-0.25, -0.2) is 4.98 Å². The lowest BCUT2D eigenvalue weighted by atomic mass is 10.3. The number of carbonyl (C=O) groups is 1. The maximum Gasteiger partial charge on any atom is 0.311 e. The van der Waals surface area contributed by atoms with Crippen LogP contribution in [0.5, 0.6) is 0 Å². The Balaban J connectivity index is 1.92. The third-order valence-corrected chi connectivity index (χ3v) is 3.18. The van der Waals surface area contributed by atoms with E-state index in [9.17, 15) is 4.79 Å². The van der Waals surface area contributed by atoms with Gasteiger partial charge in [0.05, 0.1) is 23.7 Å². The lowest BCUT2D eigenvalue weighted by Gasteiger charge is -1.97. The number of hydrogen-bond donors (Lipinski definition) is 0. The number of esters is 1. The topological polar surface area (TPSA) is 39.2 Å². The highest BCUT2D eigenvalue weighted by atomic mass is 32.1. The number of carbonyl (C=O) groups excluding carboxylic acids is 1. The largest absolute Gasteiger partial charge is 0.466 e. The molecule has 76 valence electrons. The molecule has 3 nitrogen and oxygen atoms in total. The molecule has 1 fully saturated rings. The summed E-state index contributed by atoms with van der Waals surface area (Å²) in [7, 11) is 0. The van der Waals surface area contributed by atoms with Crippen molar-refractivity contribution in [3.05, 3.63) is 16.1 Å². The van der Waals surface area contributed by atoms with Gasteiger partial charge in [0.1, 0.15) is 0 Å². The normalized spacial score (nSPS) is 15.5. The second-order valence-electron chi connectivity index (χ2n) is 3.43. The Morgan fingerprint density at radius 3 is 3.14 bits per heavy atom. The van der Waals surface area contributed by atoms with Crippen molar-refractivity contribution in [2.24, 2.45) is 0 Å². The molecule has 0 amide bonds. The van der Waals surface area contributed by atoms with E-state index in [0.29, 0.717) is 18.9 Å². The van der Waals surface area contributed by atoms with Crippen LogP contribution in [0.3, 0.4) is 0 Å². The van der Waals surface area contributed by atoms with Gasteiger partial charge >= 0.3 is 5.97 Å². The highest BCUT2D eigenvalue weighted by Crippen LogP contribution is 2.41. The molecule has 0 saturated heterocycles. The lowest BCUT2D eigenvalue weighted by Crippen LogP contribution is -2.07. The molecular formula is C10H13NO2S. The SMILES string of the molecule is CCOC(=O)Cc1csc(C2CC2)n1. The minimum Gasteiger partial charge on any atom is -0.466 e. The van der Waals surface area contributed by atoms with Crippen LogP contribution in [-0.4, -0.2) is 17.6 Å². The first kappa shape index (κ1) is 9.65. The zero-order chi connectivity index (χ0) is 9.97. The average Bonchev–Trinajstić information content (AvgIpc) is 2.89. The van der Waals surface area contributed by atoms with Crippen molar-refractivity contribution in [1.29, 1.82) is 0 Å². The molecule has 1 aliphatic rings. The van der Waals surface area contributed by atoms with Gasteiger partial charge in [-0.2, -0.15) is 0 Å². The van der Waals surface area contributed by atoms with Gasteiger partial charge in [-0.1, -0.05) is 0 Å². The molecule has 0 spiro atoms. The second kappa shape index (κ2) is 4.09. The molecule has 0 aliphatic heterocycles. The van der Waals surface area contributed by atoms with Gasteiger partial charge in [0.25, 0.3) is 0 Å². The molecule has 1 aromatic rings. The van der Waals surface area contributed by atoms with Gasteiger partial charge in [0.2, 0.25) is 0 Å².